The van der Waals surface area contributed by atoms with E-state index in [2.05, 4.69) is 37.9 Å². The van der Waals surface area contributed by atoms with Crippen LogP contribution in [0.1, 0.15) is 22.6 Å². The summed E-state index contributed by atoms with van der Waals surface area (Å²) in [5.41, 5.74) is 2.48. The molecule has 0 saturated carbocycles. The summed E-state index contributed by atoms with van der Waals surface area (Å²) in [6.45, 7) is 4.64. The Balaban J connectivity index is 1.58. The number of hydrogen-bond donors (Lipinski definition) is 0. The molecular formula is C16H20N4OS. The lowest BCUT2D eigenvalue weighted by molar-refractivity contribution is 0.0771. The third kappa shape index (κ3) is 3.11. The van der Waals surface area contributed by atoms with Gasteiger partial charge in [-0.05, 0) is 31.4 Å². The third-order valence-electron chi connectivity index (χ3n) is 4.14. The van der Waals surface area contributed by atoms with Crippen LogP contribution in [-0.4, -0.2) is 46.2 Å². The van der Waals surface area contributed by atoms with E-state index in [1.165, 1.54) is 5.69 Å². The molecule has 0 radical (unpaired) electrons. The number of aryl methyl sites for hydroxylation is 1. The summed E-state index contributed by atoms with van der Waals surface area (Å²) in [4.78, 5) is 16.6. The average molecular weight is 316 g/mol. The second-order valence-corrected chi connectivity index (χ2v) is 6.35. The standard InChI is InChI=1S/C16H20N4OS/c1-12-15(18-22-17-12)16(21)19(2)10-13-8-9-20(11-13)14-6-4-3-5-7-14/h3-7,13H,8-11H2,1-2H3. The topological polar surface area (TPSA) is 49.3 Å². The number of nitrogens with zero attached hydrogens (tertiary/aromatic N) is 4. The Kier molecular flexibility index (Phi) is 4.38. The summed E-state index contributed by atoms with van der Waals surface area (Å²) in [5.74, 6) is 0.477. The van der Waals surface area contributed by atoms with E-state index < -0.39 is 0 Å². The zero-order chi connectivity index (χ0) is 15.5. The molecular weight excluding hydrogens is 296 g/mol. The third-order valence-corrected chi connectivity index (χ3v) is 4.76. The summed E-state index contributed by atoms with van der Waals surface area (Å²) in [6.07, 6.45) is 1.11. The molecule has 1 aromatic heterocycles. The van der Waals surface area contributed by atoms with E-state index >= 15 is 0 Å². The quantitative estimate of drug-likeness (QED) is 0.869. The number of para-hydroxylation sites is 1. The predicted molar refractivity (Wildman–Crippen MR) is 88.4 cm³/mol. The molecule has 116 valence electrons. The highest BCUT2D eigenvalue weighted by atomic mass is 32.1. The van der Waals surface area contributed by atoms with Crippen molar-refractivity contribution in [3.63, 3.8) is 0 Å². The van der Waals surface area contributed by atoms with Crippen LogP contribution < -0.4 is 4.90 Å². The summed E-state index contributed by atoms with van der Waals surface area (Å²) < 4.78 is 8.18. The number of benzene rings is 1. The fourth-order valence-electron chi connectivity index (χ4n) is 2.93. The largest absolute Gasteiger partial charge is 0.371 e. The van der Waals surface area contributed by atoms with Crippen LogP contribution in [0.5, 0.6) is 0 Å². The molecule has 1 fully saturated rings. The van der Waals surface area contributed by atoms with Gasteiger partial charge in [-0.15, -0.1) is 0 Å². The first kappa shape index (κ1) is 15.0. The van der Waals surface area contributed by atoms with Crippen molar-refractivity contribution in [1.82, 2.24) is 13.6 Å². The highest BCUT2D eigenvalue weighted by Gasteiger charge is 2.26. The molecule has 3 rings (SSSR count). The van der Waals surface area contributed by atoms with Crippen molar-refractivity contribution >= 4 is 23.3 Å². The Morgan fingerprint density at radius 2 is 2.14 bits per heavy atom. The van der Waals surface area contributed by atoms with Crippen LogP contribution in [-0.2, 0) is 0 Å². The normalized spacial score (nSPS) is 17.7. The molecule has 1 amide bonds. The van der Waals surface area contributed by atoms with E-state index in [-0.39, 0.29) is 5.91 Å². The molecule has 5 nitrogen and oxygen atoms in total. The molecule has 0 N–H and O–H groups in total. The van der Waals surface area contributed by atoms with Crippen molar-refractivity contribution < 1.29 is 4.79 Å². The van der Waals surface area contributed by atoms with Gasteiger partial charge in [0.15, 0.2) is 5.69 Å². The smallest absolute Gasteiger partial charge is 0.275 e. The second kappa shape index (κ2) is 6.44. The van der Waals surface area contributed by atoms with Crippen molar-refractivity contribution in [3.8, 4) is 0 Å². The second-order valence-electron chi connectivity index (χ2n) is 5.82. The molecule has 22 heavy (non-hydrogen) atoms. The van der Waals surface area contributed by atoms with Crippen molar-refractivity contribution in [2.24, 2.45) is 5.92 Å². The lowest BCUT2D eigenvalue weighted by atomic mass is 10.1. The van der Waals surface area contributed by atoms with E-state index in [0.29, 0.717) is 11.6 Å². The highest BCUT2D eigenvalue weighted by Crippen LogP contribution is 2.24. The summed E-state index contributed by atoms with van der Waals surface area (Å²) in [7, 11) is 1.85. The number of carbonyl (C=O) groups is 1. The summed E-state index contributed by atoms with van der Waals surface area (Å²) >= 11 is 1.10. The number of hydrogen-bond acceptors (Lipinski definition) is 5. The van der Waals surface area contributed by atoms with Crippen molar-refractivity contribution in [2.45, 2.75) is 13.3 Å². The molecule has 0 spiro atoms. The van der Waals surface area contributed by atoms with Crippen LogP contribution in [0.15, 0.2) is 30.3 Å². The van der Waals surface area contributed by atoms with E-state index in [1.54, 1.807) is 4.90 Å². The Labute approximate surface area is 134 Å². The molecule has 1 saturated heterocycles. The van der Waals surface area contributed by atoms with Crippen LogP contribution in [0.2, 0.25) is 0 Å². The van der Waals surface area contributed by atoms with Gasteiger partial charge >= 0.3 is 0 Å². The van der Waals surface area contributed by atoms with Gasteiger partial charge in [-0.3, -0.25) is 4.79 Å². The SMILES string of the molecule is Cc1nsnc1C(=O)N(C)CC1CCN(c2ccccc2)C1. The number of anilines is 1. The molecule has 1 aliphatic heterocycles. The van der Waals surface area contributed by atoms with Crippen LogP contribution >= 0.6 is 11.7 Å². The lowest BCUT2D eigenvalue weighted by Gasteiger charge is -2.22. The molecule has 2 heterocycles. The monoisotopic (exact) mass is 316 g/mol. The van der Waals surface area contributed by atoms with Crippen molar-refractivity contribution in [3.05, 3.63) is 41.7 Å². The Morgan fingerprint density at radius 1 is 1.36 bits per heavy atom. The van der Waals surface area contributed by atoms with Gasteiger partial charge in [-0.1, -0.05) is 18.2 Å². The van der Waals surface area contributed by atoms with E-state index in [9.17, 15) is 4.79 Å². The minimum Gasteiger partial charge on any atom is -0.371 e. The number of aromatic nitrogens is 2. The average Bonchev–Trinajstić information content (AvgIpc) is 3.16. The van der Waals surface area contributed by atoms with Crippen LogP contribution in [0.3, 0.4) is 0 Å². The van der Waals surface area contributed by atoms with Gasteiger partial charge in [-0.25, -0.2) is 0 Å². The number of amides is 1. The van der Waals surface area contributed by atoms with E-state index in [4.69, 9.17) is 0 Å². The molecule has 1 atom stereocenters. The maximum absolute atomic E-state index is 12.4. The lowest BCUT2D eigenvalue weighted by Crippen LogP contribution is -2.33. The van der Waals surface area contributed by atoms with E-state index in [1.807, 2.05) is 20.0 Å². The van der Waals surface area contributed by atoms with Crippen LogP contribution in [0.4, 0.5) is 5.69 Å². The Bertz CT molecular complexity index is 643. The molecule has 0 aliphatic carbocycles. The first-order valence-electron chi connectivity index (χ1n) is 7.50. The maximum Gasteiger partial charge on any atom is 0.275 e. The molecule has 2 aromatic rings. The van der Waals surface area contributed by atoms with Crippen molar-refractivity contribution in [1.29, 1.82) is 0 Å². The van der Waals surface area contributed by atoms with Gasteiger partial charge in [-0.2, -0.15) is 8.75 Å². The van der Waals surface area contributed by atoms with Crippen molar-refractivity contribution in [2.75, 3.05) is 31.6 Å². The Hall–Kier alpha value is -1.95. The molecule has 1 unspecified atom stereocenters. The zero-order valence-corrected chi connectivity index (χ0v) is 13.7. The first-order valence-corrected chi connectivity index (χ1v) is 8.23. The van der Waals surface area contributed by atoms with E-state index in [0.717, 1.165) is 43.5 Å². The van der Waals surface area contributed by atoms with Gasteiger partial charge in [0.05, 0.1) is 17.4 Å². The summed E-state index contributed by atoms with van der Waals surface area (Å²) in [6, 6.07) is 10.4. The first-order chi connectivity index (χ1) is 10.6. The fraction of sp³-hybridized carbons (Fsp3) is 0.438. The molecule has 1 aliphatic rings. The number of rotatable bonds is 4. The van der Waals surface area contributed by atoms with Gasteiger partial charge in [0.25, 0.3) is 5.91 Å². The number of carbonyl (C=O) groups excluding carboxylic acids is 1. The van der Waals surface area contributed by atoms with Gasteiger partial charge in [0, 0.05) is 32.4 Å². The minimum atomic E-state index is -0.0237. The van der Waals surface area contributed by atoms with Crippen LogP contribution in [0.25, 0.3) is 0 Å². The van der Waals surface area contributed by atoms with Gasteiger partial charge < -0.3 is 9.80 Å². The minimum absolute atomic E-state index is 0.0237. The maximum atomic E-state index is 12.4. The predicted octanol–water partition coefficient (Wildman–Crippen LogP) is 2.45. The molecule has 1 aromatic carbocycles. The highest BCUT2D eigenvalue weighted by molar-refractivity contribution is 6.99. The fourth-order valence-corrected chi connectivity index (χ4v) is 3.47. The van der Waals surface area contributed by atoms with Gasteiger partial charge in [0.1, 0.15) is 0 Å². The Morgan fingerprint density at radius 3 is 2.82 bits per heavy atom. The van der Waals surface area contributed by atoms with Gasteiger partial charge in [0.2, 0.25) is 0 Å². The summed E-state index contributed by atoms with van der Waals surface area (Å²) in [5, 5.41) is 0. The molecule has 6 heteroatoms. The van der Waals surface area contributed by atoms with Crippen LogP contribution in [0, 0.1) is 12.8 Å². The molecule has 0 bridgehead atoms. The zero-order valence-electron chi connectivity index (χ0n) is 12.9.